The molecule has 20 heterocycles. The molecule has 12 aromatic heterocycles. The fourth-order valence-electron chi connectivity index (χ4n) is 19.9. The predicted molar refractivity (Wildman–Crippen MR) is 508 cm³/mol. The number of ether oxygens (including phenoxy) is 1. The third-order valence-corrected chi connectivity index (χ3v) is 28.1. The van der Waals surface area contributed by atoms with Gasteiger partial charge in [0.05, 0.1) is 104 Å². The Morgan fingerprint density at radius 1 is 0.359 bits per heavy atom. The second kappa shape index (κ2) is 35.2. The first kappa shape index (κ1) is 85.1. The van der Waals surface area contributed by atoms with Gasteiger partial charge in [0.2, 0.25) is 5.56 Å². The summed E-state index contributed by atoms with van der Waals surface area (Å²) < 4.78 is 56.4. The van der Waals surface area contributed by atoms with E-state index in [1.54, 1.807) is 44.6 Å². The van der Waals surface area contributed by atoms with E-state index in [0.717, 1.165) is 302 Å². The lowest BCUT2D eigenvalue weighted by Crippen LogP contribution is -2.63. The summed E-state index contributed by atoms with van der Waals surface area (Å²) in [6.45, 7) is 35.9. The van der Waals surface area contributed by atoms with Crippen LogP contribution in [0.1, 0.15) is 28.1 Å². The molecule has 0 radical (unpaired) electrons. The van der Waals surface area contributed by atoms with E-state index >= 15 is 0 Å². The van der Waals surface area contributed by atoms with Crippen LogP contribution in [0.15, 0.2) is 164 Å². The SMILES string of the molecule is COc1cc2c(-c3cnn4cc(N5CC(N6CCN(C)CC6)C5)cnc34)cc(=O)[nH]c2cc1C.Cc1cc(-c2cnn3cc(N4CC(N5CCN(C)CC5)C4)cnc23)c2ccc(C)c(F)c2n1.Cc1cc(-c2cnn3cc(N4CC(N5CCN(C)CC5)C4)cnc23)c2cccc(F)c2n1.Cc1cc(F)c2nccc(-c3cnn4cc(N5CC(N6CCN(C)CC6)C5)cnc34)c2c1. The van der Waals surface area contributed by atoms with Crippen molar-refractivity contribution in [3.05, 3.63) is 215 Å². The number of likely N-dealkylation sites (N-methyl/N-ethyl adjacent to an activating group) is 4. The molecule has 8 saturated heterocycles. The van der Waals surface area contributed by atoms with Crippen molar-refractivity contribution >= 4 is 88.9 Å². The van der Waals surface area contributed by atoms with Gasteiger partial charge in [-0.1, -0.05) is 24.3 Å². The second-order valence-corrected chi connectivity index (χ2v) is 36.9. The van der Waals surface area contributed by atoms with Crippen molar-refractivity contribution < 1.29 is 17.9 Å². The van der Waals surface area contributed by atoms with Crippen molar-refractivity contribution in [1.29, 1.82) is 0 Å². The summed E-state index contributed by atoms with van der Waals surface area (Å²) in [4.78, 5) is 76.9. The van der Waals surface area contributed by atoms with Crippen molar-refractivity contribution in [2.24, 2.45) is 0 Å². The highest BCUT2D eigenvalue weighted by molar-refractivity contribution is 6.02. The fraction of sp³-hybridized carbons (Fsp3) is 0.388. The minimum atomic E-state index is -0.313. The molecule has 8 aliphatic rings. The van der Waals surface area contributed by atoms with Crippen molar-refractivity contribution in [2.75, 3.05) is 212 Å². The van der Waals surface area contributed by atoms with E-state index in [9.17, 15) is 18.0 Å². The number of aryl methyl sites for hydroxylation is 5. The summed E-state index contributed by atoms with van der Waals surface area (Å²) in [6, 6.07) is 26.1. The van der Waals surface area contributed by atoms with Crippen LogP contribution in [0.4, 0.5) is 35.9 Å². The Balaban J connectivity index is 0.000000106. The van der Waals surface area contributed by atoms with Gasteiger partial charge in [-0.25, -0.2) is 56.2 Å². The van der Waals surface area contributed by atoms with Crippen LogP contribution in [-0.2, 0) is 0 Å². The van der Waals surface area contributed by atoms with Gasteiger partial charge in [-0.2, -0.15) is 20.4 Å². The summed E-state index contributed by atoms with van der Waals surface area (Å²) in [5.74, 6) is -0.106. The van der Waals surface area contributed by atoms with Crippen LogP contribution < -0.4 is 29.9 Å². The van der Waals surface area contributed by atoms with Crippen LogP contribution >= 0.6 is 0 Å². The van der Waals surface area contributed by atoms with Crippen LogP contribution in [0.2, 0.25) is 0 Å². The van der Waals surface area contributed by atoms with Crippen molar-refractivity contribution in [3.63, 3.8) is 0 Å². The van der Waals surface area contributed by atoms with Crippen molar-refractivity contribution in [2.45, 2.75) is 58.8 Å². The van der Waals surface area contributed by atoms with E-state index < -0.39 is 0 Å². The lowest BCUT2D eigenvalue weighted by Gasteiger charge is -2.48. The number of hydrogen-bond acceptors (Lipinski definition) is 25. The monoisotopic (exact) mass is 1770 g/mol. The molecule has 30 nitrogen and oxygen atoms in total. The molecule has 0 amide bonds. The van der Waals surface area contributed by atoms with Gasteiger partial charge in [-0.15, -0.1) is 0 Å². The Labute approximate surface area is 756 Å². The number of pyridine rings is 4. The van der Waals surface area contributed by atoms with Crippen LogP contribution in [0, 0.1) is 52.1 Å². The van der Waals surface area contributed by atoms with E-state index in [4.69, 9.17) is 24.7 Å². The van der Waals surface area contributed by atoms with E-state index in [2.05, 4.69) is 127 Å². The molecular formula is C98H109F3N28O2. The number of nitrogens with zero attached hydrogens (tertiary/aromatic N) is 27. The predicted octanol–water partition coefficient (Wildman–Crippen LogP) is 10.8. The molecule has 674 valence electrons. The van der Waals surface area contributed by atoms with Crippen LogP contribution in [-0.4, -0.2) is 334 Å². The van der Waals surface area contributed by atoms with Gasteiger partial charge in [0.15, 0.2) is 28.4 Å². The van der Waals surface area contributed by atoms with Crippen molar-refractivity contribution in [1.82, 2.24) is 118 Å². The number of anilines is 4. The number of hydrogen-bond donors (Lipinski definition) is 1. The highest BCUT2D eigenvalue weighted by atomic mass is 19.1. The largest absolute Gasteiger partial charge is 0.496 e. The molecule has 1 N–H and O–H groups in total. The number of para-hydroxylation sites is 1. The first-order valence-electron chi connectivity index (χ1n) is 45.6. The first-order chi connectivity index (χ1) is 63.6. The number of rotatable bonds is 13. The molecule has 0 aliphatic carbocycles. The zero-order valence-electron chi connectivity index (χ0n) is 75.8. The molecule has 4 aromatic carbocycles. The number of aromatic amines is 1. The molecule has 8 aliphatic heterocycles. The lowest BCUT2D eigenvalue weighted by molar-refractivity contribution is 0.0963. The van der Waals surface area contributed by atoms with E-state index in [0.29, 0.717) is 46.3 Å². The summed E-state index contributed by atoms with van der Waals surface area (Å²) in [6.07, 6.45) is 24.8. The minimum absolute atomic E-state index is 0.154. The molecule has 0 saturated carbocycles. The molecule has 8 fully saturated rings. The smallest absolute Gasteiger partial charge is 0.249 e. The number of methoxy groups -OCH3 is 1. The number of halogens is 3. The summed E-state index contributed by atoms with van der Waals surface area (Å²) >= 11 is 0. The van der Waals surface area contributed by atoms with Gasteiger partial charge in [-0.3, -0.25) is 34.4 Å². The highest BCUT2D eigenvalue weighted by Crippen LogP contribution is 2.40. The standard InChI is InChI=1S/C25H28FN7.C25H29N7O2.2C24H26FN7/c1-16-4-5-20-21(10-17(2)29-24(20)23(16)26)22-12-28-33-15-18(11-27-25(22)33)32-13-19(14-32)31-8-6-30(3)7-9-31;1-16-8-22-20(9-23(16)34-3)19(10-24(33)28-22)21-12-27-32-15-17(11-26-25(21)32)31-13-18(14-31)30-6-4-29(2)5-7-30;1-16-9-20-19(3-4-26-23(20)22(25)10-16)21-12-28-32-15-17(11-27-24(21)32)31-13-18(14-31)30-7-5-29(2)6-8-30;1-16-10-20(19-4-3-5-22(25)23(19)28-16)21-12-27-32-15-17(11-26-24(21)32)31-13-18(14-31)30-8-6-29(2)7-9-30/h4-5,10-12,15,19H,6-9,13-14H2,1-3H3;8-12,15,18H,4-7,13-14H2,1-3H3,(H,28,33);3-4,9-12,15,18H,5-8,13-14H2,1-2H3;3-5,10-12,15,18H,6-9,13-14H2,1-2H3. The Bertz CT molecular complexity index is 7060. The number of H-pyrrole nitrogens is 1. The van der Waals surface area contributed by atoms with Gasteiger partial charge < -0.3 is 48.9 Å². The van der Waals surface area contributed by atoms with E-state index in [-0.39, 0.29) is 23.0 Å². The van der Waals surface area contributed by atoms with Gasteiger partial charge >= 0.3 is 0 Å². The zero-order valence-corrected chi connectivity index (χ0v) is 75.8. The quantitative estimate of drug-likeness (QED) is 0.113. The lowest BCUT2D eigenvalue weighted by atomic mass is 10.0. The van der Waals surface area contributed by atoms with Gasteiger partial charge in [0.1, 0.15) is 33.9 Å². The Morgan fingerprint density at radius 2 is 0.748 bits per heavy atom. The maximum absolute atomic E-state index is 14.8. The number of nitrogens with one attached hydrogen (secondary N) is 1. The number of piperazine rings is 4. The molecule has 0 unspecified atom stereocenters. The van der Waals surface area contributed by atoms with E-state index in [1.165, 1.54) is 12.1 Å². The third-order valence-electron chi connectivity index (χ3n) is 28.1. The van der Waals surface area contributed by atoms with E-state index in [1.807, 2.05) is 162 Å². The first-order valence-corrected chi connectivity index (χ1v) is 45.6. The molecular weight excluding hydrogens is 1660 g/mol. The highest BCUT2D eigenvalue weighted by Gasteiger charge is 2.39. The molecule has 0 spiro atoms. The molecule has 24 rings (SSSR count). The summed E-state index contributed by atoms with van der Waals surface area (Å²) in [5, 5.41) is 21.5. The Morgan fingerprint density at radius 3 is 1.16 bits per heavy atom. The fourth-order valence-corrected chi connectivity index (χ4v) is 19.9. The van der Waals surface area contributed by atoms with Gasteiger partial charge in [0.25, 0.3) is 0 Å². The topological polar surface area (TPSA) is 240 Å². The minimum Gasteiger partial charge on any atom is -0.496 e. The van der Waals surface area contributed by atoms with Gasteiger partial charge in [0, 0.05) is 260 Å². The second-order valence-electron chi connectivity index (χ2n) is 36.9. The van der Waals surface area contributed by atoms with Crippen LogP contribution in [0.25, 0.3) is 111 Å². The summed E-state index contributed by atoms with van der Waals surface area (Å²) in [5.41, 5.74) is 20.1. The maximum Gasteiger partial charge on any atom is 0.249 e. The molecule has 33 heteroatoms. The Kier molecular flexibility index (Phi) is 22.8. The maximum atomic E-state index is 14.8. The normalized spacial score (nSPS) is 18.4. The zero-order chi connectivity index (χ0) is 89.7. The number of benzene rings is 4. The third kappa shape index (κ3) is 16.6. The summed E-state index contributed by atoms with van der Waals surface area (Å²) in [7, 11) is 10.4. The number of aromatic nitrogens is 16. The molecule has 131 heavy (non-hydrogen) atoms. The average molecular weight is 1770 g/mol. The Hall–Kier alpha value is -12.7. The molecule has 0 bridgehead atoms. The number of fused-ring (bicyclic) bond motifs is 8. The van der Waals surface area contributed by atoms with Crippen LogP contribution in [0.5, 0.6) is 5.75 Å². The van der Waals surface area contributed by atoms with Gasteiger partial charge in [-0.05, 0) is 145 Å². The molecule has 0 atom stereocenters. The average Bonchev–Trinajstić information content (AvgIpc) is 1.69. The van der Waals surface area contributed by atoms with Crippen LogP contribution in [0.3, 0.4) is 0 Å². The molecule has 16 aromatic rings. The van der Waals surface area contributed by atoms with Crippen molar-refractivity contribution in [3.8, 4) is 50.3 Å².